The highest BCUT2D eigenvalue weighted by Gasteiger charge is 2.19. The molecule has 0 saturated carbocycles. The predicted octanol–water partition coefficient (Wildman–Crippen LogP) is 3.76. The van der Waals surface area contributed by atoms with E-state index in [2.05, 4.69) is 28.8 Å². The highest BCUT2D eigenvalue weighted by molar-refractivity contribution is 7.18. The molecule has 0 aliphatic carbocycles. The van der Waals surface area contributed by atoms with Crippen LogP contribution in [0.1, 0.15) is 36.5 Å². The summed E-state index contributed by atoms with van der Waals surface area (Å²) in [4.78, 5) is 35.7. The van der Waals surface area contributed by atoms with Gasteiger partial charge in [0.05, 0.1) is 5.39 Å². The van der Waals surface area contributed by atoms with Gasteiger partial charge in [0.2, 0.25) is 5.75 Å². The molecule has 0 radical (unpaired) electrons. The zero-order chi connectivity index (χ0) is 19.6. The van der Waals surface area contributed by atoms with Gasteiger partial charge in [-0.05, 0) is 46.9 Å². The number of nitrogens with zero attached hydrogens (tertiary/aromatic N) is 3. The molecule has 0 unspecified atom stereocenters. The first-order valence-corrected chi connectivity index (χ1v) is 9.45. The van der Waals surface area contributed by atoms with Crippen molar-refractivity contribution in [3.05, 3.63) is 55.1 Å². The normalized spacial score (nSPS) is 12.3. The molecule has 0 spiro atoms. The Bertz CT molecular complexity index is 1040. The maximum absolute atomic E-state index is 12.6. The summed E-state index contributed by atoms with van der Waals surface area (Å²) in [5.74, 6) is 0.464. The van der Waals surface area contributed by atoms with Gasteiger partial charge in [-0.15, -0.1) is 11.3 Å². The summed E-state index contributed by atoms with van der Waals surface area (Å²) in [5, 5.41) is 11.6. The average molecular weight is 388 g/mol. The molecule has 0 bridgehead atoms. The van der Waals surface area contributed by atoms with Crippen molar-refractivity contribution in [2.45, 2.75) is 40.2 Å². The molecule has 0 fully saturated rings. The van der Waals surface area contributed by atoms with Crippen molar-refractivity contribution in [1.29, 1.82) is 0 Å². The minimum atomic E-state index is -0.613. The summed E-state index contributed by atoms with van der Waals surface area (Å²) in [6, 6.07) is 3.01. The van der Waals surface area contributed by atoms with Gasteiger partial charge in [-0.25, -0.2) is 4.98 Å². The van der Waals surface area contributed by atoms with Crippen molar-refractivity contribution in [3.63, 3.8) is 0 Å². The van der Waals surface area contributed by atoms with Crippen molar-refractivity contribution in [1.82, 2.24) is 15.0 Å². The molecular weight excluding hydrogens is 368 g/mol. The van der Waals surface area contributed by atoms with E-state index in [0.29, 0.717) is 22.0 Å². The molecule has 0 aliphatic heterocycles. The number of fused-ring (bicyclic) bond motifs is 1. The second-order valence-corrected chi connectivity index (χ2v) is 7.62. The Labute approximate surface area is 159 Å². The Morgan fingerprint density at radius 1 is 1.44 bits per heavy atom. The number of thiophene rings is 1. The number of ether oxygens (including phenoxy) is 1. The van der Waals surface area contributed by atoms with Crippen LogP contribution in [0.2, 0.25) is 0 Å². The fraction of sp³-hybridized carbons (Fsp3) is 0.389. The third kappa shape index (κ3) is 3.97. The van der Waals surface area contributed by atoms with Crippen molar-refractivity contribution in [2.24, 2.45) is 5.92 Å². The molecule has 8 nitrogen and oxygen atoms in total. The summed E-state index contributed by atoms with van der Waals surface area (Å²) >= 11 is 1.48. The summed E-state index contributed by atoms with van der Waals surface area (Å²) in [7, 11) is 0. The van der Waals surface area contributed by atoms with Crippen molar-refractivity contribution < 1.29 is 9.66 Å². The van der Waals surface area contributed by atoms with Crippen LogP contribution in [-0.4, -0.2) is 19.9 Å². The topological polar surface area (TPSA) is 111 Å². The summed E-state index contributed by atoms with van der Waals surface area (Å²) < 4.78 is 5.48. The van der Waals surface area contributed by atoms with E-state index in [1.54, 1.807) is 6.07 Å². The molecule has 1 N–H and O–H groups in total. The zero-order valence-electron chi connectivity index (χ0n) is 15.3. The minimum absolute atomic E-state index is 0.0325. The molecule has 142 valence electrons. The number of aromatic amines is 1. The summed E-state index contributed by atoms with van der Waals surface area (Å²) in [6.45, 7) is 6.20. The van der Waals surface area contributed by atoms with E-state index in [1.165, 1.54) is 23.6 Å². The van der Waals surface area contributed by atoms with Crippen LogP contribution < -0.4 is 10.3 Å². The average Bonchev–Trinajstić information content (AvgIpc) is 2.95. The van der Waals surface area contributed by atoms with Crippen molar-refractivity contribution in [2.75, 3.05) is 0 Å². The summed E-state index contributed by atoms with van der Waals surface area (Å²) in [6.07, 6.45) is 3.20. The Kier molecular flexibility index (Phi) is 5.50. The second kappa shape index (κ2) is 7.83. The zero-order valence-corrected chi connectivity index (χ0v) is 16.1. The molecule has 3 aromatic rings. The lowest BCUT2D eigenvalue weighted by Crippen LogP contribution is -2.14. The van der Waals surface area contributed by atoms with Gasteiger partial charge in [0.1, 0.15) is 23.5 Å². The van der Waals surface area contributed by atoms with Crippen molar-refractivity contribution >= 4 is 27.4 Å². The second-order valence-electron chi connectivity index (χ2n) is 6.42. The Morgan fingerprint density at radius 2 is 2.22 bits per heavy atom. The van der Waals surface area contributed by atoms with Gasteiger partial charge >= 0.3 is 5.82 Å². The van der Waals surface area contributed by atoms with E-state index in [-0.39, 0.29) is 23.7 Å². The quantitative estimate of drug-likeness (QED) is 0.487. The maximum Gasteiger partial charge on any atom is 0.406 e. The molecule has 9 heteroatoms. The lowest BCUT2D eigenvalue weighted by molar-refractivity contribution is -0.390. The Hall–Kier alpha value is -2.81. The van der Waals surface area contributed by atoms with Crippen LogP contribution in [0.3, 0.4) is 0 Å². The lowest BCUT2D eigenvalue weighted by atomic mass is 9.98. The monoisotopic (exact) mass is 388 g/mol. The number of aryl methyl sites for hydroxylation is 1. The fourth-order valence-corrected chi connectivity index (χ4v) is 3.88. The number of nitro groups is 1. The first-order chi connectivity index (χ1) is 12.9. The molecule has 0 saturated heterocycles. The van der Waals surface area contributed by atoms with E-state index in [1.807, 2.05) is 6.92 Å². The van der Waals surface area contributed by atoms with Gasteiger partial charge in [0.15, 0.2) is 0 Å². The number of nitrogens with one attached hydrogen (secondary N) is 1. The van der Waals surface area contributed by atoms with Crippen LogP contribution in [0.15, 0.2) is 23.1 Å². The number of rotatable bonds is 7. The molecular formula is C18H20N4O4S. The van der Waals surface area contributed by atoms with Crippen LogP contribution in [0.5, 0.6) is 5.75 Å². The minimum Gasteiger partial charge on any atom is -0.478 e. The van der Waals surface area contributed by atoms with Gasteiger partial charge in [-0.3, -0.25) is 4.79 Å². The molecule has 1 atom stereocenters. The molecule has 3 heterocycles. The van der Waals surface area contributed by atoms with Crippen LogP contribution in [0.25, 0.3) is 10.2 Å². The fourth-order valence-electron chi connectivity index (χ4n) is 2.80. The molecule has 3 rings (SSSR count). The molecule has 3 aromatic heterocycles. The largest absolute Gasteiger partial charge is 0.478 e. The summed E-state index contributed by atoms with van der Waals surface area (Å²) in [5.41, 5.74) is 0.843. The number of H-pyrrole nitrogens is 1. The highest BCUT2D eigenvalue weighted by atomic mass is 32.1. The Balaban J connectivity index is 1.90. The molecule has 27 heavy (non-hydrogen) atoms. The Morgan fingerprint density at radius 3 is 2.93 bits per heavy atom. The standard InChI is InChI=1S/C18H20N4O4S/c1-4-10(2)8-12-11(3)27-18-15(12)17(23)20-14(21-18)9-26-13-6-5-7-19-16(13)22(24)25/h5-7,10H,4,8-9H2,1-3H3,(H,20,21,23)/t10-/m1/s1. The van der Waals surface area contributed by atoms with Crippen LogP contribution in [0, 0.1) is 23.0 Å². The number of pyridine rings is 1. The maximum atomic E-state index is 12.6. The number of aromatic nitrogens is 3. The van der Waals surface area contributed by atoms with Crippen LogP contribution in [0.4, 0.5) is 5.82 Å². The third-order valence-electron chi connectivity index (χ3n) is 4.45. The van der Waals surface area contributed by atoms with Gasteiger partial charge in [0.25, 0.3) is 5.56 Å². The van der Waals surface area contributed by atoms with E-state index in [9.17, 15) is 14.9 Å². The van der Waals surface area contributed by atoms with Gasteiger partial charge in [0, 0.05) is 4.88 Å². The number of hydrogen-bond acceptors (Lipinski definition) is 7. The first kappa shape index (κ1) is 19.0. The smallest absolute Gasteiger partial charge is 0.406 e. The van der Waals surface area contributed by atoms with Crippen molar-refractivity contribution in [3.8, 4) is 5.75 Å². The highest BCUT2D eigenvalue weighted by Crippen LogP contribution is 2.30. The molecule has 0 aliphatic rings. The van der Waals surface area contributed by atoms with Gasteiger partial charge < -0.3 is 19.8 Å². The molecule has 0 amide bonds. The van der Waals surface area contributed by atoms with E-state index >= 15 is 0 Å². The van der Waals surface area contributed by atoms with Gasteiger partial charge in [-0.1, -0.05) is 20.3 Å². The lowest BCUT2D eigenvalue weighted by Gasteiger charge is -2.08. The number of hydrogen-bond donors (Lipinski definition) is 1. The third-order valence-corrected chi connectivity index (χ3v) is 5.49. The van der Waals surface area contributed by atoms with E-state index in [4.69, 9.17) is 4.74 Å². The first-order valence-electron chi connectivity index (χ1n) is 8.64. The SMILES string of the molecule is CC[C@@H](C)Cc1c(C)sc2nc(COc3cccnc3[N+](=O)[O-])[nH]c(=O)c12. The predicted molar refractivity (Wildman–Crippen MR) is 103 cm³/mol. The van der Waals surface area contributed by atoms with E-state index < -0.39 is 4.92 Å². The van der Waals surface area contributed by atoms with Gasteiger partial charge in [-0.2, -0.15) is 0 Å². The van der Waals surface area contributed by atoms with E-state index in [0.717, 1.165) is 23.3 Å². The van der Waals surface area contributed by atoms with Crippen LogP contribution >= 0.6 is 11.3 Å². The van der Waals surface area contributed by atoms with Crippen LogP contribution in [-0.2, 0) is 13.0 Å². The molecule has 0 aromatic carbocycles.